The Hall–Kier alpha value is -3.29. The van der Waals surface area contributed by atoms with Crippen molar-refractivity contribution >= 4 is 23.4 Å². The van der Waals surface area contributed by atoms with Gasteiger partial charge in [-0.15, -0.1) is 0 Å². The standard InChI is InChI=1S/C22H23F2N3O3/c23-16-6-7-18(19(24)14-16)22(30)25-11-8-20(28)27-12-9-15(10-13-27)21(29)26-17-4-2-1-3-5-17/h1-7,14-15H,8-13H2,(H,25,30)(H,26,29). The second kappa shape index (κ2) is 9.96. The molecule has 2 aromatic carbocycles. The number of piperidine rings is 1. The lowest BCUT2D eigenvalue weighted by molar-refractivity contribution is -0.134. The van der Waals surface area contributed by atoms with Crippen LogP contribution in [0.15, 0.2) is 48.5 Å². The second-order valence-electron chi connectivity index (χ2n) is 7.14. The highest BCUT2D eigenvalue weighted by Gasteiger charge is 2.27. The molecule has 0 atom stereocenters. The van der Waals surface area contributed by atoms with E-state index in [0.29, 0.717) is 32.0 Å². The fourth-order valence-electron chi connectivity index (χ4n) is 3.37. The average Bonchev–Trinajstić information content (AvgIpc) is 2.74. The van der Waals surface area contributed by atoms with E-state index in [2.05, 4.69) is 10.6 Å². The Kier molecular flexibility index (Phi) is 7.11. The first-order valence-electron chi connectivity index (χ1n) is 9.81. The summed E-state index contributed by atoms with van der Waals surface area (Å²) >= 11 is 0. The van der Waals surface area contributed by atoms with Crippen molar-refractivity contribution in [2.75, 3.05) is 25.0 Å². The number of nitrogens with one attached hydrogen (secondary N) is 2. The van der Waals surface area contributed by atoms with Gasteiger partial charge in [-0.2, -0.15) is 0 Å². The molecule has 1 saturated heterocycles. The van der Waals surface area contributed by atoms with Crippen LogP contribution in [0.3, 0.4) is 0 Å². The molecule has 3 amide bonds. The zero-order valence-electron chi connectivity index (χ0n) is 16.4. The molecule has 2 N–H and O–H groups in total. The van der Waals surface area contributed by atoms with Gasteiger partial charge in [-0.1, -0.05) is 18.2 Å². The number of rotatable bonds is 6. The summed E-state index contributed by atoms with van der Waals surface area (Å²) in [6.07, 6.45) is 1.20. The van der Waals surface area contributed by atoms with Gasteiger partial charge in [-0.3, -0.25) is 14.4 Å². The molecular formula is C22H23F2N3O3. The third-order valence-corrected chi connectivity index (χ3v) is 5.06. The number of likely N-dealkylation sites (tertiary alicyclic amines) is 1. The molecule has 0 bridgehead atoms. The first-order valence-corrected chi connectivity index (χ1v) is 9.81. The number of hydrogen-bond donors (Lipinski definition) is 2. The molecule has 1 aliphatic heterocycles. The summed E-state index contributed by atoms with van der Waals surface area (Å²) in [7, 11) is 0. The highest BCUT2D eigenvalue weighted by atomic mass is 19.1. The van der Waals surface area contributed by atoms with E-state index < -0.39 is 17.5 Å². The van der Waals surface area contributed by atoms with Gasteiger partial charge >= 0.3 is 0 Å². The van der Waals surface area contributed by atoms with Crippen molar-refractivity contribution in [3.8, 4) is 0 Å². The number of anilines is 1. The number of amides is 3. The Bertz CT molecular complexity index is 913. The largest absolute Gasteiger partial charge is 0.351 e. The predicted molar refractivity (Wildman–Crippen MR) is 108 cm³/mol. The van der Waals surface area contributed by atoms with Gasteiger partial charge in [0.2, 0.25) is 11.8 Å². The minimum atomic E-state index is -0.949. The van der Waals surface area contributed by atoms with Crippen LogP contribution in [0.4, 0.5) is 14.5 Å². The Balaban J connectivity index is 1.40. The van der Waals surface area contributed by atoms with E-state index >= 15 is 0 Å². The van der Waals surface area contributed by atoms with E-state index in [9.17, 15) is 23.2 Å². The molecule has 0 unspecified atom stereocenters. The lowest BCUT2D eigenvalue weighted by Crippen LogP contribution is -2.42. The fourth-order valence-corrected chi connectivity index (χ4v) is 3.37. The van der Waals surface area contributed by atoms with Crippen molar-refractivity contribution in [2.24, 2.45) is 5.92 Å². The SMILES string of the molecule is O=C(NCCC(=O)N1CCC(C(=O)Nc2ccccc2)CC1)c1ccc(F)cc1F. The van der Waals surface area contributed by atoms with Crippen molar-refractivity contribution in [1.82, 2.24) is 10.2 Å². The van der Waals surface area contributed by atoms with Crippen molar-refractivity contribution in [3.05, 3.63) is 65.7 Å². The molecule has 0 aliphatic carbocycles. The molecular weight excluding hydrogens is 392 g/mol. The quantitative estimate of drug-likeness (QED) is 0.762. The third kappa shape index (κ3) is 5.62. The Morgan fingerprint density at radius 3 is 2.37 bits per heavy atom. The van der Waals surface area contributed by atoms with E-state index in [-0.39, 0.29) is 36.3 Å². The summed E-state index contributed by atoms with van der Waals surface area (Å²) in [6, 6.07) is 11.9. The maximum absolute atomic E-state index is 13.6. The third-order valence-electron chi connectivity index (χ3n) is 5.06. The van der Waals surface area contributed by atoms with Crippen LogP contribution >= 0.6 is 0 Å². The highest BCUT2D eigenvalue weighted by molar-refractivity contribution is 5.94. The molecule has 1 heterocycles. The van der Waals surface area contributed by atoms with Crippen LogP contribution in [0.2, 0.25) is 0 Å². The van der Waals surface area contributed by atoms with Crippen molar-refractivity contribution in [2.45, 2.75) is 19.3 Å². The number of benzene rings is 2. The lowest BCUT2D eigenvalue weighted by atomic mass is 9.95. The fraction of sp³-hybridized carbons (Fsp3) is 0.318. The summed E-state index contributed by atoms with van der Waals surface area (Å²) in [5.74, 6) is -2.76. The van der Waals surface area contributed by atoms with Crippen LogP contribution in [0.5, 0.6) is 0 Å². The number of carbonyl (C=O) groups is 3. The molecule has 8 heteroatoms. The Labute approximate surface area is 173 Å². The maximum Gasteiger partial charge on any atom is 0.254 e. The summed E-state index contributed by atoms with van der Waals surface area (Å²) in [5, 5.41) is 5.35. The summed E-state index contributed by atoms with van der Waals surface area (Å²) in [4.78, 5) is 38.3. The van der Waals surface area contributed by atoms with Gasteiger partial charge in [-0.25, -0.2) is 8.78 Å². The number of halogens is 2. The van der Waals surface area contributed by atoms with Crippen LogP contribution in [0, 0.1) is 17.6 Å². The second-order valence-corrected chi connectivity index (χ2v) is 7.14. The molecule has 158 valence electrons. The highest BCUT2D eigenvalue weighted by Crippen LogP contribution is 2.20. The van der Waals surface area contributed by atoms with Gasteiger partial charge in [-0.05, 0) is 37.1 Å². The molecule has 0 spiro atoms. The smallest absolute Gasteiger partial charge is 0.254 e. The lowest BCUT2D eigenvalue weighted by Gasteiger charge is -2.31. The van der Waals surface area contributed by atoms with E-state index in [0.717, 1.165) is 17.8 Å². The zero-order chi connectivity index (χ0) is 21.5. The van der Waals surface area contributed by atoms with Crippen LogP contribution in [0.1, 0.15) is 29.6 Å². The van der Waals surface area contributed by atoms with E-state index in [1.54, 1.807) is 4.90 Å². The van der Waals surface area contributed by atoms with Gasteiger partial charge < -0.3 is 15.5 Å². The van der Waals surface area contributed by atoms with E-state index in [1.165, 1.54) is 0 Å². The van der Waals surface area contributed by atoms with Gasteiger partial charge in [0.1, 0.15) is 11.6 Å². The molecule has 0 aromatic heterocycles. The van der Waals surface area contributed by atoms with Gasteiger partial charge in [0.25, 0.3) is 5.91 Å². The molecule has 1 aliphatic rings. The first kappa shape index (κ1) is 21.4. The molecule has 2 aromatic rings. The maximum atomic E-state index is 13.6. The monoisotopic (exact) mass is 415 g/mol. The predicted octanol–water partition coefficient (Wildman–Crippen LogP) is 2.96. The minimum absolute atomic E-state index is 0.0445. The van der Waals surface area contributed by atoms with Crippen LogP contribution < -0.4 is 10.6 Å². The molecule has 0 radical (unpaired) electrons. The van der Waals surface area contributed by atoms with Gasteiger partial charge in [0.05, 0.1) is 5.56 Å². The molecule has 30 heavy (non-hydrogen) atoms. The van der Waals surface area contributed by atoms with Gasteiger partial charge in [0.15, 0.2) is 0 Å². The van der Waals surface area contributed by atoms with E-state index in [1.807, 2.05) is 30.3 Å². The minimum Gasteiger partial charge on any atom is -0.351 e. The normalized spacial score (nSPS) is 14.3. The van der Waals surface area contributed by atoms with Gasteiger partial charge in [0, 0.05) is 43.7 Å². The van der Waals surface area contributed by atoms with Crippen LogP contribution in [-0.2, 0) is 9.59 Å². The van der Waals surface area contributed by atoms with Crippen molar-refractivity contribution < 1.29 is 23.2 Å². The van der Waals surface area contributed by atoms with Crippen LogP contribution in [0.25, 0.3) is 0 Å². The zero-order valence-corrected chi connectivity index (χ0v) is 16.4. The molecule has 6 nitrogen and oxygen atoms in total. The Morgan fingerprint density at radius 2 is 1.70 bits per heavy atom. The van der Waals surface area contributed by atoms with E-state index in [4.69, 9.17) is 0 Å². The summed E-state index contributed by atoms with van der Waals surface area (Å²) < 4.78 is 26.5. The molecule has 3 rings (SSSR count). The summed E-state index contributed by atoms with van der Waals surface area (Å²) in [5.41, 5.74) is 0.475. The Morgan fingerprint density at radius 1 is 1.00 bits per heavy atom. The number of para-hydroxylation sites is 1. The number of nitrogens with zero attached hydrogens (tertiary/aromatic N) is 1. The molecule has 1 fully saturated rings. The topological polar surface area (TPSA) is 78.5 Å². The first-order chi connectivity index (χ1) is 14.4. The van der Waals surface area contributed by atoms with Crippen molar-refractivity contribution in [3.63, 3.8) is 0 Å². The van der Waals surface area contributed by atoms with Crippen molar-refractivity contribution in [1.29, 1.82) is 0 Å². The molecule has 0 saturated carbocycles. The number of carbonyl (C=O) groups excluding carboxylic acids is 3. The number of hydrogen-bond acceptors (Lipinski definition) is 3. The average molecular weight is 415 g/mol. The summed E-state index contributed by atoms with van der Waals surface area (Å²) in [6.45, 7) is 0.974. The van der Waals surface area contributed by atoms with Crippen LogP contribution in [-0.4, -0.2) is 42.3 Å².